The van der Waals surface area contributed by atoms with Crippen molar-refractivity contribution in [3.05, 3.63) is 70.4 Å². The van der Waals surface area contributed by atoms with Gasteiger partial charge in [-0.05, 0) is 13.8 Å². The van der Waals surface area contributed by atoms with Crippen LogP contribution in [0.25, 0.3) is 32.5 Å². The van der Waals surface area contributed by atoms with Crippen LogP contribution >= 0.6 is 22.7 Å². The van der Waals surface area contributed by atoms with Gasteiger partial charge < -0.3 is 0 Å². The predicted molar refractivity (Wildman–Crippen MR) is 104 cm³/mol. The van der Waals surface area contributed by atoms with Gasteiger partial charge in [0.1, 0.15) is 0 Å². The maximum Gasteiger partial charge on any atom is 0.152 e. The van der Waals surface area contributed by atoms with Crippen molar-refractivity contribution in [2.45, 2.75) is 13.8 Å². The number of hydrogen-bond donors (Lipinski definition) is 0. The van der Waals surface area contributed by atoms with Crippen LogP contribution < -0.4 is 0 Å². The summed E-state index contributed by atoms with van der Waals surface area (Å²) < 4.78 is 0. The molecule has 118 valence electrons. The maximum atomic E-state index is 4.77. The van der Waals surface area contributed by atoms with E-state index in [0.717, 1.165) is 32.5 Å². The number of aryl methyl sites for hydroxylation is 2. The van der Waals surface area contributed by atoms with Crippen LogP contribution in [0.4, 0.5) is 0 Å². The number of thiazole rings is 2. The Morgan fingerprint density at radius 1 is 0.583 bits per heavy atom. The molecule has 0 radical (unpaired) electrons. The molecule has 2 nitrogen and oxygen atoms in total. The topological polar surface area (TPSA) is 25.8 Å². The summed E-state index contributed by atoms with van der Waals surface area (Å²) in [5.74, 6) is 0. The van der Waals surface area contributed by atoms with E-state index in [1.54, 1.807) is 22.7 Å². The average Bonchev–Trinajstić information content (AvgIpc) is 3.25. The van der Waals surface area contributed by atoms with Crippen molar-refractivity contribution in [2.75, 3.05) is 0 Å². The van der Waals surface area contributed by atoms with Gasteiger partial charge in [0.05, 0.1) is 11.4 Å². The third-order valence-corrected chi connectivity index (χ3v) is 5.71. The third kappa shape index (κ3) is 3.03. The minimum absolute atomic E-state index is 0.980. The van der Waals surface area contributed by atoms with E-state index in [0.29, 0.717) is 0 Å². The van der Waals surface area contributed by atoms with E-state index >= 15 is 0 Å². The zero-order chi connectivity index (χ0) is 16.5. The van der Waals surface area contributed by atoms with E-state index in [1.807, 2.05) is 0 Å². The molecule has 0 saturated carbocycles. The van der Waals surface area contributed by atoms with Gasteiger partial charge >= 0.3 is 0 Å². The lowest BCUT2D eigenvalue weighted by atomic mass is 10.1. The van der Waals surface area contributed by atoms with E-state index in [1.165, 1.54) is 11.1 Å². The minimum atomic E-state index is 0.980. The minimum Gasteiger partial charge on any atom is -0.233 e. The van der Waals surface area contributed by atoms with Gasteiger partial charge in [-0.3, -0.25) is 0 Å². The summed E-state index contributed by atoms with van der Waals surface area (Å²) in [4.78, 5) is 9.54. The van der Waals surface area contributed by atoms with Crippen molar-refractivity contribution in [1.29, 1.82) is 0 Å². The molecule has 2 aromatic heterocycles. The van der Waals surface area contributed by atoms with Crippen LogP contribution in [0.2, 0.25) is 0 Å². The van der Waals surface area contributed by atoms with Crippen LogP contribution in [0.5, 0.6) is 0 Å². The van der Waals surface area contributed by atoms with Crippen molar-refractivity contribution in [3.8, 4) is 32.5 Å². The van der Waals surface area contributed by atoms with Gasteiger partial charge in [-0.15, -0.1) is 22.7 Å². The molecule has 4 heteroatoms. The summed E-state index contributed by atoms with van der Waals surface area (Å²) in [5.41, 5.74) is 6.86. The molecule has 4 aromatic rings. The van der Waals surface area contributed by atoms with Crippen molar-refractivity contribution < 1.29 is 0 Å². The smallest absolute Gasteiger partial charge is 0.152 e. The van der Waals surface area contributed by atoms with Gasteiger partial charge in [0.25, 0.3) is 0 Å². The molecule has 0 saturated heterocycles. The summed E-state index contributed by atoms with van der Waals surface area (Å²) in [5, 5.41) is 6.17. The van der Waals surface area contributed by atoms with Crippen LogP contribution in [0, 0.1) is 13.8 Å². The van der Waals surface area contributed by atoms with E-state index < -0.39 is 0 Å². The zero-order valence-corrected chi connectivity index (χ0v) is 15.1. The number of benzene rings is 2. The molecule has 4 rings (SSSR count). The fourth-order valence-electron chi connectivity index (χ4n) is 2.46. The van der Waals surface area contributed by atoms with Crippen LogP contribution in [0.3, 0.4) is 0 Å². The molecule has 0 unspecified atom stereocenters. The number of hydrogen-bond acceptors (Lipinski definition) is 4. The highest BCUT2D eigenvalue weighted by molar-refractivity contribution is 7.20. The van der Waals surface area contributed by atoms with Crippen molar-refractivity contribution in [1.82, 2.24) is 9.97 Å². The predicted octanol–water partition coefficient (Wildman–Crippen LogP) is 6.22. The van der Waals surface area contributed by atoms with Crippen LogP contribution in [0.1, 0.15) is 11.1 Å². The first-order valence-electron chi connectivity index (χ1n) is 7.74. The second-order valence-corrected chi connectivity index (χ2v) is 7.52. The Bertz CT molecular complexity index is 882. The first-order chi connectivity index (χ1) is 11.7. The Kier molecular flexibility index (Phi) is 4.00. The Morgan fingerprint density at radius 3 is 1.33 bits per heavy atom. The molecule has 0 fully saturated rings. The van der Waals surface area contributed by atoms with E-state index in [4.69, 9.17) is 9.97 Å². The SMILES string of the molecule is Cc1ccc(-c2csc(-c3nc(-c4ccc(C)cc4)cs3)n2)cc1. The normalized spacial score (nSPS) is 10.9. The van der Waals surface area contributed by atoms with Crippen LogP contribution in [0.15, 0.2) is 59.3 Å². The van der Waals surface area contributed by atoms with Crippen molar-refractivity contribution in [2.24, 2.45) is 0 Å². The standard InChI is InChI=1S/C20H16N2S2/c1-13-3-7-15(8-4-13)17-11-23-19(21-17)20-22-18(12-24-20)16-9-5-14(2)6-10-16/h3-12H,1-2H3. The Balaban J connectivity index is 1.63. The molecule has 0 aliphatic rings. The highest BCUT2D eigenvalue weighted by Gasteiger charge is 2.11. The Hall–Kier alpha value is -2.30. The summed E-state index contributed by atoms with van der Waals surface area (Å²) >= 11 is 3.30. The monoisotopic (exact) mass is 348 g/mol. The molecule has 0 N–H and O–H groups in total. The lowest BCUT2D eigenvalue weighted by molar-refractivity contribution is 1.34. The zero-order valence-electron chi connectivity index (χ0n) is 13.5. The summed E-state index contributed by atoms with van der Waals surface area (Å²) in [6, 6.07) is 16.9. The van der Waals surface area contributed by atoms with Gasteiger partial charge in [0, 0.05) is 21.9 Å². The molecule has 2 heterocycles. The first kappa shape index (κ1) is 15.2. The van der Waals surface area contributed by atoms with Crippen molar-refractivity contribution in [3.63, 3.8) is 0 Å². The summed E-state index contributed by atoms with van der Waals surface area (Å²) in [6.45, 7) is 4.19. The lowest BCUT2D eigenvalue weighted by Gasteiger charge is -1.97. The average molecular weight is 348 g/mol. The van der Waals surface area contributed by atoms with Crippen LogP contribution in [-0.2, 0) is 0 Å². The molecule has 0 atom stereocenters. The molecule has 2 aromatic carbocycles. The molecular formula is C20H16N2S2. The molecule has 24 heavy (non-hydrogen) atoms. The maximum absolute atomic E-state index is 4.77. The van der Waals surface area contributed by atoms with Crippen LogP contribution in [-0.4, -0.2) is 9.97 Å². The number of rotatable bonds is 3. The Morgan fingerprint density at radius 2 is 0.958 bits per heavy atom. The Labute approximate surface area is 149 Å². The van der Waals surface area contributed by atoms with Gasteiger partial charge in [-0.1, -0.05) is 59.7 Å². The fraction of sp³-hybridized carbons (Fsp3) is 0.100. The van der Waals surface area contributed by atoms with Gasteiger partial charge in [-0.25, -0.2) is 9.97 Å². The van der Waals surface area contributed by atoms with Gasteiger partial charge in [-0.2, -0.15) is 0 Å². The number of nitrogens with zero attached hydrogens (tertiary/aromatic N) is 2. The largest absolute Gasteiger partial charge is 0.233 e. The van der Waals surface area contributed by atoms with E-state index in [2.05, 4.69) is 73.1 Å². The van der Waals surface area contributed by atoms with Gasteiger partial charge in [0.2, 0.25) is 0 Å². The third-order valence-electron chi connectivity index (χ3n) is 3.89. The molecule has 0 aliphatic heterocycles. The number of aromatic nitrogens is 2. The molecular weight excluding hydrogens is 332 g/mol. The molecule has 0 amide bonds. The molecule has 0 bridgehead atoms. The fourth-order valence-corrected chi connectivity index (χ4v) is 4.17. The molecule has 0 aliphatic carbocycles. The van der Waals surface area contributed by atoms with Gasteiger partial charge in [0.15, 0.2) is 10.0 Å². The summed E-state index contributed by atoms with van der Waals surface area (Å²) in [7, 11) is 0. The first-order valence-corrected chi connectivity index (χ1v) is 9.50. The highest BCUT2D eigenvalue weighted by Crippen LogP contribution is 2.33. The molecule has 0 spiro atoms. The highest BCUT2D eigenvalue weighted by atomic mass is 32.1. The van der Waals surface area contributed by atoms with E-state index in [9.17, 15) is 0 Å². The lowest BCUT2D eigenvalue weighted by Crippen LogP contribution is -1.81. The quantitative estimate of drug-likeness (QED) is 0.439. The summed E-state index contributed by atoms with van der Waals surface area (Å²) in [6.07, 6.45) is 0. The van der Waals surface area contributed by atoms with E-state index in [-0.39, 0.29) is 0 Å². The van der Waals surface area contributed by atoms with Crippen molar-refractivity contribution >= 4 is 22.7 Å². The second kappa shape index (κ2) is 6.30. The second-order valence-electron chi connectivity index (χ2n) is 5.81.